The molecule has 0 saturated heterocycles. The largest absolute Gasteiger partial charge is 0.412 e. The van der Waals surface area contributed by atoms with E-state index in [0.29, 0.717) is 0 Å². The Kier molecular flexibility index (Phi) is 6.89. The van der Waals surface area contributed by atoms with Gasteiger partial charge in [-0.1, -0.05) is 0 Å². The Morgan fingerprint density at radius 1 is 0.833 bits per heavy atom. The van der Waals surface area contributed by atoms with Crippen molar-refractivity contribution in [1.29, 1.82) is 0 Å². The standard InChI is InChI=1S/CBr4.H2O/c2-1(3,4)5;/h;1H2. The zero-order valence-corrected chi connectivity index (χ0v) is 8.86. The molecule has 0 fully saturated rings. The second-order valence-electron chi connectivity index (χ2n) is 0.429. The second-order valence-corrected chi connectivity index (χ2v) is 11.6. The summed E-state index contributed by atoms with van der Waals surface area (Å²) in [6, 6.07) is 0. The lowest BCUT2D eigenvalue weighted by Gasteiger charge is -1.93. The molecule has 0 aliphatic rings. The molecule has 0 aromatic heterocycles. The number of alkyl halides is 4. The summed E-state index contributed by atoms with van der Waals surface area (Å²) in [6.07, 6.45) is 0. The Balaban J connectivity index is 0. The molecule has 0 unspecified atom stereocenters. The first-order chi connectivity index (χ1) is 2.00. The molecule has 1 nitrogen and oxygen atoms in total. The summed E-state index contributed by atoms with van der Waals surface area (Å²) in [5, 5.41) is 0. The Morgan fingerprint density at radius 2 is 0.833 bits per heavy atom. The summed E-state index contributed by atoms with van der Waals surface area (Å²) in [4.78, 5) is 0. The first kappa shape index (κ1) is 10.8. The van der Waals surface area contributed by atoms with E-state index in [-0.39, 0.29) is 6.53 Å². The first-order valence-corrected chi connectivity index (χ1v) is 3.93. The topological polar surface area (TPSA) is 31.5 Å². The molecule has 0 bridgehead atoms. The molecule has 5 heteroatoms. The Morgan fingerprint density at radius 3 is 0.833 bits per heavy atom. The van der Waals surface area contributed by atoms with Gasteiger partial charge >= 0.3 is 0 Å². The smallest absolute Gasteiger partial charge is 0.189 e. The molecular formula is CH2Br4O. The molecule has 0 saturated carbocycles. The SMILES string of the molecule is BrC(Br)(Br)Br.O. The Bertz CT molecular complexity index is 23.0. The van der Waals surface area contributed by atoms with Gasteiger partial charge in [0.2, 0.25) is 0 Å². The average molecular weight is 350 g/mol. The number of hydrogen-bond donors (Lipinski definition) is 0. The van der Waals surface area contributed by atoms with Crippen molar-refractivity contribution in [3.63, 3.8) is 0 Å². The van der Waals surface area contributed by atoms with Gasteiger partial charge in [-0.25, -0.2) is 0 Å². The third kappa shape index (κ3) is 39.6. The fraction of sp³-hybridized carbons (Fsp3) is 1.00. The summed E-state index contributed by atoms with van der Waals surface area (Å²) < 4.78 is -0.250. The molecule has 0 aromatic carbocycles. The molecule has 0 heterocycles. The highest BCUT2D eigenvalue weighted by Gasteiger charge is 2.08. The maximum atomic E-state index is 3.12. The van der Waals surface area contributed by atoms with Gasteiger partial charge in [0, 0.05) is 0 Å². The molecule has 0 atom stereocenters. The van der Waals surface area contributed by atoms with Crippen molar-refractivity contribution < 1.29 is 5.48 Å². The summed E-state index contributed by atoms with van der Waals surface area (Å²) in [5.41, 5.74) is 0. The fourth-order valence-electron chi connectivity index (χ4n) is 0. The van der Waals surface area contributed by atoms with Crippen LogP contribution in [-0.2, 0) is 0 Å². The van der Waals surface area contributed by atoms with Crippen LogP contribution in [0.1, 0.15) is 0 Å². The number of halogens is 4. The van der Waals surface area contributed by atoms with Crippen LogP contribution in [0.4, 0.5) is 0 Å². The zero-order chi connectivity index (χ0) is 4.50. The quantitative estimate of drug-likeness (QED) is 0.601. The summed E-state index contributed by atoms with van der Waals surface area (Å²) in [7, 11) is 0. The summed E-state index contributed by atoms with van der Waals surface area (Å²) in [6.45, 7) is 0. The van der Waals surface area contributed by atoms with Crippen molar-refractivity contribution in [2.75, 3.05) is 0 Å². The van der Waals surface area contributed by atoms with E-state index in [1.807, 2.05) is 0 Å². The van der Waals surface area contributed by atoms with Crippen molar-refractivity contribution >= 4 is 63.7 Å². The van der Waals surface area contributed by atoms with Crippen molar-refractivity contribution in [3.05, 3.63) is 0 Å². The summed E-state index contributed by atoms with van der Waals surface area (Å²) in [5.74, 6) is 0. The Labute approximate surface area is 69.7 Å². The van der Waals surface area contributed by atoms with Gasteiger partial charge in [-0.2, -0.15) is 0 Å². The lowest BCUT2D eigenvalue weighted by atomic mass is 12.0. The minimum absolute atomic E-state index is 0. The van der Waals surface area contributed by atoms with E-state index in [9.17, 15) is 0 Å². The van der Waals surface area contributed by atoms with E-state index in [4.69, 9.17) is 0 Å². The fourth-order valence-corrected chi connectivity index (χ4v) is 0. The highest BCUT2D eigenvalue weighted by atomic mass is 80.0. The maximum Gasteiger partial charge on any atom is 0.189 e. The maximum absolute atomic E-state index is 3.12. The van der Waals surface area contributed by atoms with Crippen LogP contribution >= 0.6 is 63.7 Å². The third-order valence-corrected chi connectivity index (χ3v) is 0. The normalized spacial score (nSPS) is 10.0. The number of hydrogen-bond acceptors (Lipinski definition) is 0. The molecule has 6 heavy (non-hydrogen) atoms. The highest BCUT2D eigenvalue weighted by molar-refractivity contribution is 9.52. The van der Waals surface area contributed by atoms with Gasteiger partial charge in [0.15, 0.2) is 1.05 Å². The van der Waals surface area contributed by atoms with Crippen LogP contribution in [0, 0.1) is 0 Å². The Hall–Kier alpha value is 1.88. The van der Waals surface area contributed by atoms with Crippen LogP contribution in [-0.4, -0.2) is 6.53 Å². The lowest BCUT2D eigenvalue weighted by molar-refractivity contribution is 0.824. The van der Waals surface area contributed by atoms with Gasteiger partial charge in [0.1, 0.15) is 0 Å². The van der Waals surface area contributed by atoms with Crippen LogP contribution in [0.5, 0.6) is 0 Å². The molecule has 0 aromatic rings. The average Bonchev–Trinajstić information content (AvgIpc) is 0.722. The highest BCUT2D eigenvalue weighted by Crippen LogP contribution is 2.39. The van der Waals surface area contributed by atoms with E-state index >= 15 is 0 Å². The third-order valence-electron chi connectivity index (χ3n) is 0. The van der Waals surface area contributed by atoms with E-state index in [1.54, 1.807) is 0 Å². The lowest BCUT2D eigenvalue weighted by Crippen LogP contribution is -1.75. The minimum atomic E-state index is -0.250. The number of rotatable bonds is 0. The van der Waals surface area contributed by atoms with E-state index in [1.165, 1.54) is 0 Å². The predicted molar refractivity (Wildman–Crippen MR) is 42.1 cm³/mol. The molecule has 0 spiro atoms. The van der Waals surface area contributed by atoms with Crippen LogP contribution in [0.15, 0.2) is 0 Å². The predicted octanol–water partition coefficient (Wildman–Crippen LogP) is 2.35. The monoisotopic (exact) mass is 346 g/mol. The van der Waals surface area contributed by atoms with Crippen LogP contribution in [0.25, 0.3) is 0 Å². The molecule has 0 aliphatic heterocycles. The minimum Gasteiger partial charge on any atom is -0.412 e. The molecule has 40 valence electrons. The van der Waals surface area contributed by atoms with Crippen LogP contribution in [0.3, 0.4) is 0 Å². The van der Waals surface area contributed by atoms with Gasteiger partial charge < -0.3 is 5.48 Å². The van der Waals surface area contributed by atoms with Crippen LogP contribution in [0.2, 0.25) is 0 Å². The molecule has 2 N–H and O–H groups in total. The van der Waals surface area contributed by atoms with Gasteiger partial charge in [0.05, 0.1) is 0 Å². The molecular weight excluding hydrogens is 348 g/mol. The molecule has 0 rings (SSSR count). The van der Waals surface area contributed by atoms with Gasteiger partial charge in [0.25, 0.3) is 0 Å². The van der Waals surface area contributed by atoms with Gasteiger partial charge in [-0.05, 0) is 63.7 Å². The van der Waals surface area contributed by atoms with E-state index in [0.717, 1.165) is 0 Å². The van der Waals surface area contributed by atoms with Gasteiger partial charge in [-0.15, -0.1) is 0 Å². The van der Waals surface area contributed by atoms with Crippen molar-refractivity contribution in [3.8, 4) is 0 Å². The van der Waals surface area contributed by atoms with Crippen molar-refractivity contribution in [1.82, 2.24) is 0 Å². The molecule has 0 aliphatic carbocycles. The molecule has 0 amide bonds. The van der Waals surface area contributed by atoms with Gasteiger partial charge in [-0.3, -0.25) is 0 Å². The van der Waals surface area contributed by atoms with Crippen LogP contribution < -0.4 is 0 Å². The van der Waals surface area contributed by atoms with Crippen molar-refractivity contribution in [2.45, 2.75) is 1.05 Å². The molecule has 0 radical (unpaired) electrons. The second kappa shape index (κ2) is 3.83. The summed E-state index contributed by atoms with van der Waals surface area (Å²) >= 11 is 12.5. The zero-order valence-electron chi connectivity index (χ0n) is 2.51. The van der Waals surface area contributed by atoms with E-state index in [2.05, 4.69) is 63.7 Å². The van der Waals surface area contributed by atoms with Crippen molar-refractivity contribution in [2.24, 2.45) is 0 Å². The van der Waals surface area contributed by atoms with E-state index < -0.39 is 0 Å². The first-order valence-electron chi connectivity index (χ1n) is 0.756.